The van der Waals surface area contributed by atoms with Crippen LogP contribution < -0.4 is 10.5 Å². The maximum Gasteiger partial charge on any atom is 0.258 e. The molecule has 3 heterocycles. The van der Waals surface area contributed by atoms with Crippen LogP contribution in [0.5, 0.6) is 0 Å². The number of pyridine rings is 1. The number of anilines is 2. The molecule has 4 aromatic rings. The maximum atomic E-state index is 13.5. The van der Waals surface area contributed by atoms with Crippen molar-refractivity contribution in [2.75, 3.05) is 31.3 Å². The molecule has 1 saturated carbocycles. The van der Waals surface area contributed by atoms with Crippen LogP contribution in [0.2, 0.25) is 0 Å². The van der Waals surface area contributed by atoms with Gasteiger partial charge >= 0.3 is 0 Å². The van der Waals surface area contributed by atoms with E-state index in [4.69, 9.17) is 4.98 Å². The molecule has 0 amide bonds. The fourth-order valence-corrected chi connectivity index (χ4v) is 7.19. The van der Waals surface area contributed by atoms with Gasteiger partial charge in [-0.25, -0.2) is 22.1 Å². The van der Waals surface area contributed by atoms with Gasteiger partial charge in [0.25, 0.3) is 5.56 Å². The Hall–Kier alpha value is -3.59. The van der Waals surface area contributed by atoms with E-state index in [-0.39, 0.29) is 23.3 Å². The van der Waals surface area contributed by atoms with Gasteiger partial charge in [-0.3, -0.25) is 4.79 Å². The van der Waals surface area contributed by atoms with E-state index in [0.29, 0.717) is 52.6 Å². The summed E-state index contributed by atoms with van der Waals surface area (Å²) < 4.78 is 40.8. The third kappa shape index (κ3) is 4.91. The average Bonchev–Trinajstić information content (AvgIpc) is 3.70. The highest BCUT2D eigenvalue weighted by atomic mass is 32.2. The minimum absolute atomic E-state index is 0.0306. The van der Waals surface area contributed by atoms with Crippen LogP contribution in [0.1, 0.15) is 48.1 Å². The molecule has 1 aliphatic heterocycles. The van der Waals surface area contributed by atoms with Gasteiger partial charge in [-0.15, -0.1) is 0 Å². The minimum Gasteiger partial charge on any atom is -0.319 e. The predicted molar refractivity (Wildman–Crippen MR) is 155 cm³/mol. The number of fused-ring (bicyclic) bond motifs is 1. The summed E-state index contributed by atoms with van der Waals surface area (Å²) in [5, 5.41) is 11.8. The number of nitrogens with zero attached hydrogens (tertiary/aromatic N) is 5. The summed E-state index contributed by atoms with van der Waals surface area (Å²) in [6.07, 6.45) is 6.47. The fraction of sp³-hybridized carbons (Fsp3) is 0.345. The highest BCUT2D eigenvalue weighted by molar-refractivity contribution is 7.88. The first kappa shape index (κ1) is 26.6. The predicted octanol–water partition coefficient (Wildman–Crippen LogP) is 5.38. The van der Waals surface area contributed by atoms with Crippen molar-refractivity contribution < 1.29 is 12.8 Å². The van der Waals surface area contributed by atoms with Gasteiger partial charge in [0.1, 0.15) is 22.5 Å². The van der Waals surface area contributed by atoms with E-state index in [0.717, 1.165) is 29.5 Å². The van der Waals surface area contributed by atoms with E-state index < -0.39 is 10.0 Å². The van der Waals surface area contributed by atoms with Crippen LogP contribution in [0.25, 0.3) is 22.0 Å². The van der Waals surface area contributed by atoms with E-state index in [1.165, 1.54) is 34.0 Å². The second-order valence-corrected chi connectivity index (χ2v) is 13.5. The molecule has 0 N–H and O–H groups in total. The van der Waals surface area contributed by atoms with Crippen LogP contribution in [-0.4, -0.2) is 48.7 Å². The van der Waals surface area contributed by atoms with E-state index in [1.807, 2.05) is 30.3 Å². The lowest BCUT2D eigenvalue weighted by atomic mass is 9.89. The molecule has 0 spiro atoms. The number of nitriles is 1. The normalized spacial score (nSPS) is 16.8. The van der Waals surface area contributed by atoms with Crippen LogP contribution in [0.3, 0.4) is 0 Å². The Morgan fingerprint density at radius 2 is 1.77 bits per heavy atom. The molecule has 0 unspecified atom stereocenters. The Morgan fingerprint density at radius 1 is 1.07 bits per heavy atom. The molecule has 206 valence electrons. The van der Waals surface area contributed by atoms with Crippen molar-refractivity contribution in [3.05, 3.63) is 75.3 Å². The fourth-order valence-electron chi connectivity index (χ4n) is 5.46. The van der Waals surface area contributed by atoms with Gasteiger partial charge in [0.05, 0.1) is 11.9 Å². The van der Waals surface area contributed by atoms with Gasteiger partial charge in [0, 0.05) is 48.7 Å². The first-order valence-electron chi connectivity index (χ1n) is 13.2. The van der Waals surface area contributed by atoms with Gasteiger partial charge in [-0.1, -0.05) is 17.4 Å². The van der Waals surface area contributed by atoms with E-state index in [1.54, 1.807) is 16.7 Å². The van der Waals surface area contributed by atoms with Gasteiger partial charge in [0.2, 0.25) is 10.0 Å². The third-order valence-corrected chi connectivity index (χ3v) is 10.2. The molecule has 11 heteroatoms. The summed E-state index contributed by atoms with van der Waals surface area (Å²) in [4.78, 5) is 20.6. The second kappa shape index (κ2) is 10.1. The lowest BCUT2D eigenvalue weighted by molar-refractivity contribution is 0.321. The number of aromatic nitrogens is 2. The molecule has 2 fully saturated rings. The Morgan fingerprint density at radius 3 is 2.40 bits per heavy atom. The molecular weight excluding hydrogens is 549 g/mol. The molecule has 0 bridgehead atoms. The van der Waals surface area contributed by atoms with Crippen molar-refractivity contribution in [1.82, 2.24) is 13.9 Å². The minimum atomic E-state index is -3.22. The monoisotopic (exact) mass is 577 g/mol. The molecule has 2 aromatic carbocycles. The van der Waals surface area contributed by atoms with Gasteiger partial charge < -0.3 is 9.47 Å². The second-order valence-electron chi connectivity index (χ2n) is 10.6. The molecule has 0 atom stereocenters. The first-order valence-corrected chi connectivity index (χ1v) is 15.8. The first-order chi connectivity index (χ1) is 19.1. The van der Waals surface area contributed by atoms with Gasteiger partial charge in [-0.05, 0) is 73.6 Å². The lowest BCUT2D eigenvalue weighted by Crippen LogP contribution is -2.37. The largest absolute Gasteiger partial charge is 0.319 e. The smallest absolute Gasteiger partial charge is 0.258 e. The number of hydrogen-bond donors (Lipinski definition) is 0. The Labute approximate surface area is 236 Å². The highest BCUT2D eigenvalue weighted by Crippen LogP contribution is 2.41. The molecule has 8 nitrogen and oxygen atoms in total. The maximum absolute atomic E-state index is 13.5. The number of thiazole rings is 1. The standard InChI is InChI=1S/C29H28FN5O3S2/c1-33(29-32-27(26(16-31)39-29)19-3-6-21(30)7-4-19)25-17-35(22-8-9-22)28(36)23-10-5-20(15-24(23)25)18-11-13-34(14-12-18)40(2,37)38/h3-7,10,15,17-18,22H,8-9,11-14H2,1-2H3. The van der Waals surface area contributed by atoms with Crippen LogP contribution in [0.15, 0.2) is 53.5 Å². The molecule has 6 rings (SSSR count). The molecule has 40 heavy (non-hydrogen) atoms. The van der Waals surface area contributed by atoms with Crippen molar-refractivity contribution in [1.29, 1.82) is 5.26 Å². The number of piperidine rings is 1. The van der Waals surface area contributed by atoms with E-state index >= 15 is 0 Å². The molecule has 1 saturated heterocycles. The van der Waals surface area contributed by atoms with Crippen LogP contribution >= 0.6 is 11.3 Å². The van der Waals surface area contributed by atoms with Gasteiger partial charge in [0.15, 0.2) is 5.13 Å². The zero-order valence-corrected chi connectivity index (χ0v) is 23.8. The third-order valence-electron chi connectivity index (χ3n) is 7.86. The summed E-state index contributed by atoms with van der Waals surface area (Å²) in [5.41, 5.74) is 3.00. The van der Waals surface area contributed by atoms with Crippen LogP contribution in [0.4, 0.5) is 15.2 Å². The summed E-state index contributed by atoms with van der Waals surface area (Å²) >= 11 is 1.25. The lowest BCUT2D eigenvalue weighted by Gasteiger charge is -2.30. The SMILES string of the molecule is CN(c1nc(-c2ccc(F)cc2)c(C#N)s1)c1cn(C2CC2)c(=O)c2ccc(C3CCN(S(C)(=O)=O)CC3)cc12. The highest BCUT2D eigenvalue weighted by Gasteiger charge is 2.29. The quantitative estimate of drug-likeness (QED) is 0.305. The summed E-state index contributed by atoms with van der Waals surface area (Å²) in [6, 6.07) is 14.2. The zero-order valence-electron chi connectivity index (χ0n) is 22.2. The van der Waals surface area contributed by atoms with Crippen molar-refractivity contribution >= 4 is 43.0 Å². The molecule has 2 aliphatic rings. The molecule has 1 aliphatic carbocycles. The number of hydrogen-bond acceptors (Lipinski definition) is 7. The number of halogens is 1. The molecular formula is C29H28FN5O3S2. The Balaban J connectivity index is 1.42. The summed E-state index contributed by atoms with van der Waals surface area (Å²) in [5.74, 6) is -0.178. The summed E-state index contributed by atoms with van der Waals surface area (Å²) in [6.45, 7) is 0.944. The van der Waals surface area contributed by atoms with Crippen molar-refractivity contribution in [3.63, 3.8) is 0 Å². The van der Waals surface area contributed by atoms with Crippen LogP contribution in [-0.2, 0) is 10.0 Å². The van der Waals surface area contributed by atoms with Crippen molar-refractivity contribution in [3.8, 4) is 17.3 Å². The number of rotatable bonds is 6. The van der Waals surface area contributed by atoms with Gasteiger partial charge in [-0.2, -0.15) is 5.26 Å². The number of benzene rings is 2. The van der Waals surface area contributed by atoms with Crippen molar-refractivity contribution in [2.45, 2.75) is 37.6 Å². The number of sulfonamides is 1. The van der Waals surface area contributed by atoms with E-state index in [2.05, 4.69) is 12.1 Å². The average molecular weight is 578 g/mol. The topological polar surface area (TPSA) is 99.3 Å². The Bertz CT molecular complexity index is 1810. The molecule has 2 aromatic heterocycles. The zero-order chi connectivity index (χ0) is 28.2. The Kier molecular flexibility index (Phi) is 6.73. The van der Waals surface area contributed by atoms with Crippen molar-refractivity contribution in [2.24, 2.45) is 0 Å². The molecule has 0 radical (unpaired) electrons. The van der Waals surface area contributed by atoms with E-state index in [9.17, 15) is 22.9 Å². The summed E-state index contributed by atoms with van der Waals surface area (Å²) in [7, 11) is -1.34. The van der Waals surface area contributed by atoms with Crippen LogP contribution in [0, 0.1) is 17.1 Å².